The number of pyridine rings is 2. The van der Waals surface area contributed by atoms with Gasteiger partial charge in [0.05, 0.1) is 24.5 Å². The first-order valence-corrected chi connectivity index (χ1v) is 11.2. The van der Waals surface area contributed by atoms with Crippen molar-refractivity contribution in [2.24, 2.45) is 12.5 Å². The van der Waals surface area contributed by atoms with Crippen molar-refractivity contribution in [3.8, 4) is 17.0 Å². The third-order valence-electron chi connectivity index (χ3n) is 6.78. The number of nitrogens with zero attached hydrogens (tertiary/aromatic N) is 6. The van der Waals surface area contributed by atoms with Gasteiger partial charge in [0.1, 0.15) is 5.56 Å². The quantitative estimate of drug-likeness (QED) is 0.505. The topological polar surface area (TPSA) is 102 Å². The zero-order valence-electron chi connectivity index (χ0n) is 19.1. The Morgan fingerprint density at radius 1 is 1.06 bits per heavy atom. The predicted molar refractivity (Wildman–Crippen MR) is 130 cm³/mol. The molecule has 1 aromatic carbocycles. The fourth-order valence-corrected chi connectivity index (χ4v) is 5.05. The van der Waals surface area contributed by atoms with Crippen LogP contribution in [0.15, 0.2) is 55.0 Å². The Kier molecular flexibility index (Phi) is 4.48. The molecule has 34 heavy (non-hydrogen) atoms. The molecule has 0 atom stereocenters. The molecule has 5 heterocycles. The first-order valence-electron chi connectivity index (χ1n) is 11.2. The molecule has 0 aliphatic carbocycles. The van der Waals surface area contributed by atoms with Crippen LogP contribution in [0.4, 0.5) is 11.5 Å². The summed E-state index contributed by atoms with van der Waals surface area (Å²) in [6, 6.07) is 12.3. The number of aryl methyl sites for hydroxylation is 1. The minimum Gasteiger partial charge on any atom is -0.481 e. The molecular formula is C25H25N7O2. The molecule has 2 saturated heterocycles. The van der Waals surface area contributed by atoms with Crippen molar-refractivity contribution in [2.75, 3.05) is 43.9 Å². The standard InChI is InChI=1S/C25H25N7O2/c1-30-11-20(23(26)29-30)24(33)32-14-25(15-32)12-31(13-25)19-8-18(9-27-10-19)16-3-5-21-17(7-16)4-6-22(28-21)34-2/h3-11H,12-15H2,1-2H3,(H2,26,29). The number of likely N-dealkylation sites (tertiary alicyclic amines) is 1. The summed E-state index contributed by atoms with van der Waals surface area (Å²) in [7, 11) is 3.39. The van der Waals surface area contributed by atoms with Gasteiger partial charge in [-0.1, -0.05) is 6.07 Å². The summed E-state index contributed by atoms with van der Waals surface area (Å²) in [5, 5.41) is 5.13. The number of aromatic nitrogens is 4. The smallest absolute Gasteiger partial charge is 0.259 e. The van der Waals surface area contributed by atoms with E-state index in [-0.39, 0.29) is 17.1 Å². The molecule has 4 aromatic rings. The number of anilines is 2. The van der Waals surface area contributed by atoms with Gasteiger partial charge in [-0.15, -0.1) is 0 Å². The molecule has 0 saturated carbocycles. The van der Waals surface area contributed by atoms with E-state index in [4.69, 9.17) is 10.5 Å². The van der Waals surface area contributed by atoms with E-state index < -0.39 is 0 Å². The number of rotatable bonds is 4. The van der Waals surface area contributed by atoms with Crippen molar-refractivity contribution in [3.05, 3.63) is 60.6 Å². The maximum Gasteiger partial charge on any atom is 0.259 e. The number of carbonyl (C=O) groups is 1. The van der Waals surface area contributed by atoms with Crippen molar-refractivity contribution in [3.63, 3.8) is 0 Å². The summed E-state index contributed by atoms with van der Waals surface area (Å²) in [6.45, 7) is 3.30. The lowest BCUT2D eigenvalue weighted by Crippen LogP contribution is -2.73. The van der Waals surface area contributed by atoms with Gasteiger partial charge >= 0.3 is 0 Å². The van der Waals surface area contributed by atoms with Crippen molar-refractivity contribution in [1.82, 2.24) is 24.6 Å². The summed E-state index contributed by atoms with van der Waals surface area (Å²) in [5.74, 6) is 0.854. The minimum atomic E-state index is -0.0400. The number of nitrogens with two attached hydrogens (primary N) is 1. The number of ether oxygens (including phenoxy) is 1. The number of carbonyl (C=O) groups excluding carboxylic acids is 1. The fraction of sp³-hybridized carbons (Fsp3) is 0.280. The van der Waals surface area contributed by atoms with Gasteiger partial charge in [0.25, 0.3) is 5.91 Å². The molecule has 0 bridgehead atoms. The van der Waals surface area contributed by atoms with E-state index in [1.807, 2.05) is 35.5 Å². The molecule has 1 spiro atoms. The van der Waals surface area contributed by atoms with Crippen molar-refractivity contribution in [1.29, 1.82) is 0 Å². The lowest BCUT2D eigenvalue weighted by molar-refractivity contribution is -0.0104. The molecule has 3 aromatic heterocycles. The van der Waals surface area contributed by atoms with E-state index in [2.05, 4.69) is 38.2 Å². The van der Waals surface area contributed by atoms with E-state index >= 15 is 0 Å². The second-order valence-corrected chi connectivity index (χ2v) is 9.31. The zero-order chi connectivity index (χ0) is 23.4. The Bertz CT molecular complexity index is 1420. The first kappa shape index (κ1) is 20.5. The monoisotopic (exact) mass is 455 g/mol. The second-order valence-electron chi connectivity index (χ2n) is 9.31. The van der Waals surface area contributed by atoms with E-state index in [1.165, 1.54) is 0 Å². The Morgan fingerprint density at radius 2 is 1.88 bits per heavy atom. The van der Waals surface area contributed by atoms with Crippen molar-refractivity contribution < 1.29 is 9.53 Å². The SMILES string of the molecule is COc1ccc2cc(-c3cncc(N4CC5(CN(C(=O)c6cn(C)nc6N)C5)C4)c3)ccc2n1. The number of nitrogen functional groups attached to an aromatic ring is 1. The van der Waals surface area contributed by atoms with Gasteiger partial charge in [-0.05, 0) is 29.8 Å². The molecule has 2 N–H and O–H groups in total. The molecule has 9 nitrogen and oxygen atoms in total. The van der Waals surface area contributed by atoms with Crippen LogP contribution in [0.25, 0.3) is 22.0 Å². The highest BCUT2D eigenvalue weighted by Crippen LogP contribution is 2.43. The van der Waals surface area contributed by atoms with Crippen LogP contribution in [0, 0.1) is 5.41 Å². The largest absolute Gasteiger partial charge is 0.481 e. The van der Waals surface area contributed by atoms with Crippen molar-refractivity contribution in [2.45, 2.75) is 0 Å². The first-order chi connectivity index (χ1) is 16.4. The summed E-state index contributed by atoms with van der Waals surface area (Å²) < 4.78 is 6.80. The van der Waals surface area contributed by atoms with Crippen molar-refractivity contribution >= 4 is 28.3 Å². The van der Waals surface area contributed by atoms with E-state index in [0.29, 0.717) is 11.4 Å². The van der Waals surface area contributed by atoms with E-state index in [1.54, 1.807) is 25.0 Å². The van der Waals surface area contributed by atoms with Crippen LogP contribution in [-0.4, -0.2) is 63.8 Å². The number of fused-ring (bicyclic) bond motifs is 1. The second kappa shape index (κ2) is 7.44. The molecule has 9 heteroatoms. The molecule has 2 fully saturated rings. The minimum absolute atomic E-state index is 0.0400. The van der Waals surface area contributed by atoms with Gasteiger partial charge < -0.3 is 20.3 Å². The summed E-state index contributed by atoms with van der Waals surface area (Å²) >= 11 is 0. The highest BCUT2D eigenvalue weighted by molar-refractivity contribution is 5.98. The van der Waals surface area contributed by atoms with Gasteiger partial charge in [-0.3, -0.25) is 14.5 Å². The Labute approximate surface area is 196 Å². The molecule has 172 valence electrons. The normalized spacial score (nSPS) is 16.4. The third-order valence-corrected chi connectivity index (χ3v) is 6.78. The van der Waals surface area contributed by atoms with Crippen LogP contribution in [-0.2, 0) is 7.05 Å². The average molecular weight is 456 g/mol. The average Bonchev–Trinajstić information content (AvgIpc) is 3.14. The van der Waals surface area contributed by atoms with Crippen LogP contribution in [0.2, 0.25) is 0 Å². The number of hydrogen-bond acceptors (Lipinski definition) is 7. The molecule has 2 aliphatic heterocycles. The molecule has 1 amide bonds. The molecule has 2 aliphatic rings. The van der Waals surface area contributed by atoms with Crippen LogP contribution in [0.1, 0.15) is 10.4 Å². The maximum absolute atomic E-state index is 12.7. The Balaban J connectivity index is 1.14. The van der Waals surface area contributed by atoms with Crippen LogP contribution >= 0.6 is 0 Å². The number of methoxy groups -OCH3 is 1. The van der Waals surface area contributed by atoms with E-state index in [9.17, 15) is 4.79 Å². The van der Waals surface area contributed by atoms with Crippen LogP contribution in [0.5, 0.6) is 5.88 Å². The molecule has 6 rings (SSSR count). The van der Waals surface area contributed by atoms with Crippen LogP contribution in [0.3, 0.4) is 0 Å². The summed E-state index contributed by atoms with van der Waals surface area (Å²) in [4.78, 5) is 25.9. The molecular weight excluding hydrogens is 430 g/mol. The van der Waals surface area contributed by atoms with Crippen LogP contribution < -0.4 is 15.4 Å². The molecule has 0 radical (unpaired) electrons. The lowest BCUT2D eigenvalue weighted by atomic mass is 9.72. The van der Waals surface area contributed by atoms with Gasteiger partial charge in [0.2, 0.25) is 5.88 Å². The zero-order valence-corrected chi connectivity index (χ0v) is 19.1. The summed E-state index contributed by atoms with van der Waals surface area (Å²) in [6.07, 6.45) is 5.48. The van der Waals surface area contributed by atoms with Gasteiger partial charge in [0, 0.05) is 68.1 Å². The predicted octanol–water partition coefficient (Wildman–Crippen LogP) is 2.58. The van der Waals surface area contributed by atoms with E-state index in [0.717, 1.165) is 53.9 Å². The summed E-state index contributed by atoms with van der Waals surface area (Å²) in [5.41, 5.74) is 10.7. The lowest BCUT2D eigenvalue weighted by Gasteiger charge is -2.60. The third kappa shape index (κ3) is 3.32. The maximum atomic E-state index is 12.7. The molecule has 0 unspecified atom stereocenters. The van der Waals surface area contributed by atoms with Gasteiger partial charge in [-0.25, -0.2) is 4.98 Å². The highest BCUT2D eigenvalue weighted by Gasteiger charge is 2.53. The number of hydrogen-bond donors (Lipinski definition) is 1. The Hall–Kier alpha value is -4.14. The van der Waals surface area contributed by atoms with Gasteiger partial charge in [-0.2, -0.15) is 5.10 Å². The fourth-order valence-electron chi connectivity index (χ4n) is 5.05. The number of amides is 1. The van der Waals surface area contributed by atoms with Gasteiger partial charge in [0.15, 0.2) is 5.82 Å². The Morgan fingerprint density at radius 3 is 2.62 bits per heavy atom. The highest BCUT2D eigenvalue weighted by atomic mass is 16.5. The number of benzene rings is 1.